The molecule has 0 aliphatic carbocycles. The highest BCUT2D eigenvalue weighted by Crippen LogP contribution is 2.21. The third-order valence-electron chi connectivity index (χ3n) is 4.41. The standard InChI is InChI=1S/C17H28N2O3S/c1-7-12(2)13(3)17(20)18-14(4)15-9-8-10-16(11-15)23(21,22)19(5)6/h8-14H,7H2,1-6H3,(H,18,20)/t12-,13+,14+/m0/s1. The first-order valence-corrected chi connectivity index (χ1v) is 9.38. The maximum Gasteiger partial charge on any atom is 0.242 e. The van der Waals surface area contributed by atoms with E-state index >= 15 is 0 Å². The number of sulfonamides is 1. The fourth-order valence-electron chi connectivity index (χ4n) is 2.20. The number of hydrogen-bond acceptors (Lipinski definition) is 3. The number of amides is 1. The lowest BCUT2D eigenvalue weighted by Crippen LogP contribution is -2.34. The number of carbonyl (C=O) groups is 1. The van der Waals surface area contributed by atoms with Gasteiger partial charge in [0.15, 0.2) is 0 Å². The third kappa shape index (κ3) is 4.78. The topological polar surface area (TPSA) is 66.5 Å². The predicted molar refractivity (Wildman–Crippen MR) is 92.5 cm³/mol. The van der Waals surface area contributed by atoms with E-state index in [1.165, 1.54) is 18.4 Å². The highest BCUT2D eigenvalue weighted by molar-refractivity contribution is 7.89. The summed E-state index contributed by atoms with van der Waals surface area (Å²) in [4.78, 5) is 12.5. The molecule has 0 heterocycles. The van der Waals surface area contributed by atoms with Crippen molar-refractivity contribution in [3.63, 3.8) is 0 Å². The average molecular weight is 340 g/mol. The maximum atomic E-state index is 12.3. The lowest BCUT2D eigenvalue weighted by Gasteiger charge is -2.22. The summed E-state index contributed by atoms with van der Waals surface area (Å²) in [6.07, 6.45) is 0.944. The molecule has 0 saturated heterocycles. The lowest BCUT2D eigenvalue weighted by atomic mass is 9.92. The summed E-state index contributed by atoms with van der Waals surface area (Å²) in [7, 11) is -0.472. The van der Waals surface area contributed by atoms with E-state index in [1.54, 1.807) is 18.2 Å². The number of carbonyl (C=O) groups excluding carboxylic acids is 1. The van der Waals surface area contributed by atoms with Gasteiger partial charge in [-0.25, -0.2) is 12.7 Å². The molecule has 1 aromatic rings. The summed E-state index contributed by atoms with van der Waals surface area (Å²) in [5.74, 6) is 0.228. The van der Waals surface area contributed by atoms with Crippen molar-refractivity contribution in [3.05, 3.63) is 29.8 Å². The van der Waals surface area contributed by atoms with Crippen LogP contribution in [0.15, 0.2) is 29.2 Å². The fraction of sp³-hybridized carbons (Fsp3) is 0.588. The van der Waals surface area contributed by atoms with Crippen molar-refractivity contribution >= 4 is 15.9 Å². The van der Waals surface area contributed by atoms with Crippen molar-refractivity contribution in [2.24, 2.45) is 11.8 Å². The zero-order valence-electron chi connectivity index (χ0n) is 14.8. The van der Waals surface area contributed by atoms with Gasteiger partial charge < -0.3 is 5.32 Å². The molecule has 0 radical (unpaired) electrons. The molecule has 5 nitrogen and oxygen atoms in total. The summed E-state index contributed by atoms with van der Waals surface area (Å²) < 4.78 is 25.6. The van der Waals surface area contributed by atoms with Gasteiger partial charge in [-0.05, 0) is 30.5 Å². The third-order valence-corrected chi connectivity index (χ3v) is 6.22. The highest BCUT2D eigenvalue weighted by Gasteiger charge is 2.22. The largest absolute Gasteiger partial charge is 0.349 e. The minimum absolute atomic E-state index is 0.00674. The van der Waals surface area contributed by atoms with Crippen LogP contribution in [0.4, 0.5) is 0 Å². The number of rotatable bonds is 7. The molecule has 1 rings (SSSR count). The second kappa shape index (κ2) is 7.93. The zero-order chi connectivity index (χ0) is 17.8. The Kier molecular flexibility index (Phi) is 6.77. The van der Waals surface area contributed by atoms with Gasteiger partial charge in [-0.15, -0.1) is 0 Å². The van der Waals surface area contributed by atoms with Gasteiger partial charge in [0.25, 0.3) is 0 Å². The van der Waals surface area contributed by atoms with Crippen LogP contribution in [0.5, 0.6) is 0 Å². The van der Waals surface area contributed by atoms with Crippen LogP contribution in [-0.4, -0.2) is 32.7 Å². The molecule has 23 heavy (non-hydrogen) atoms. The summed E-state index contributed by atoms with van der Waals surface area (Å²) in [6.45, 7) is 7.90. The normalized spacial score (nSPS) is 16.0. The monoisotopic (exact) mass is 340 g/mol. The Morgan fingerprint density at radius 1 is 1.22 bits per heavy atom. The Hall–Kier alpha value is -1.40. The predicted octanol–water partition coefficient (Wildman–Crippen LogP) is 2.80. The molecular formula is C17H28N2O3S. The molecule has 0 spiro atoms. The molecule has 130 valence electrons. The number of hydrogen-bond donors (Lipinski definition) is 1. The molecule has 0 aromatic heterocycles. The van der Waals surface area contributed by atoms with E-state index < -0.39 is 10.0 Å². The van der Waals surface area contributed by atoms with E-state index in [4.69, 9.17) is 0 Å². The Morgan fingerprint density at radius 3 is 2.35 bits per heavy atom. The van der Waals surface area contributed by atoms with Gasteiger partial charge in [0.05, 0.1) is 10.9 Å². The van der Waals surface area contributed by atoms with Crippen LogP contribution in [0, 0.1) is 11.8 Å². The van der Waals surface area contributed by atoms with Crippen LogP contribution in [0.2, 0.25) is 0 Å². The van der Waals surface area contributed by atoms with Crippen LogP contribution in [0.25, 0.3) is 0 Å². The van der Waals surface area contributed by atoms with Gasteiger partial charge in [-0.1, -0.05) is 39.3 Å². The van der Waals surface area contributed by atoms with E-state index in [9.17, 15) is 13.2 Å². The minimum Gasteiger partial charge on any atom is -0.349 e. The van der Waals surface area contributed by atoms with Crippen LogP contribution in [0.3, 0.4) is 0 Å². The second-order valence-electron chi connectivity index (χ2n) is 6.26. The minimum atomic E-state index is -3.47. The SMILES string of the molecule is CC[C@H](C)[C@@H](C)C(=O)N[C@H](C)c1cccc(S(=O)(=O)N(C)C)c1. The first kappa shape index (κ1) is 19.6. The molecule has 0 fully saturated rings. The first-order chi connectivity index (χ1) is 10.6. The summed E-state index contributed by atoms with van der Waals surface area (Å²) in [6, 6.07) is 6.47. The molecule has 0 aliphatic rings. The van der Waals surface area contributed by atoms with Crippen molar-refractivity contribution < 1.29 is 13.2 Å². The summed E-state index contributed by atoms with van der Waals surface area (Å²) >= 11 is 0. The summed E-state index contributed by atoms with van der Waals surface area (Å²) in [5.41, 5.74) is 0.776. The van der Waals surface area contributed by atoms with Gasteiger partial charge >= 0.3 is 0 Å². The van der Waals surface area contributed by atoms with Crippen molar-refractivity contribution in [2.45, 2.75) is 45.1 Å². The van der Waals surface area contributed by atoms with E-state index in [0.29, 0.717) is 5.92 Å². The van der Waals surface area contributed by atoms with Gasteiger partial charge in [0.1, 0.15) is 0 Å². The average Bonchev–Trinajstić information content (AvgIpc) is 2.53. The first-order valence-electron chi connectivity index (χ1n) is 7.94. The fourth-order valence-corrected chi connectivity index (χ4v) is 3.15. The maximum absolute atomic E-state index is 12.3. The molecule has 0 unspecified atom stereocenters. The van der Waals surface area contributed by atoms with Crippen LogP contribution >= 0.6 is 0 Å². The highest BCUT2D eigenvalue weighted by atomic mass is 32.2. The van der Waals surface area contributed by atoms with Gasteiger partial charge in [-0.3, -0.25) is 4.79 Å². The van der Waals surface area contributed by atoms with Gasteiger partial charge in [0, 0.05) is 20.0 Å². The van der Waals surface area contributed by atoms with Crippen molar-refractivity contribution in [1.82, 2.24) is 9.62 Å². The molecule has 1 aromatic carbocycles. The number of nitrogens with zero attached hydrogens (tertiary/aromatic N) is 1. The second-order valence-corrected chi connectivity index (χ2v) is 8.42. The van der Waals surface area contributed by atoms with Crippen molar-refractivity contribution in [1.29, 1.82) is 0 Å². The number of nitrogens with one attached hydrogen (secondary N) is 1. The zero-order valence-corrected chi connectivity index (χ0v) is 15.6. The van der Waals surface area contributed by atoms with Crippen molar-refractivity contribution in [3.8, 4) is 0 Å². The molecule has 1 amide bonds. The van der Waals surface area contributed by atoms with E-state index in [-0.39, 0.29) is 22.8 Å². The molecule has 0 saturated carbocycles. The Balaban J connectivity index is 2.94. The molecule has 0 bridgehead atoms. The van der Waals surface area contributed by atoms with Gasteiger partial charge in [-0.2, -0.15) is 0 Å². The molecule has 6 heteroatoms. The lowest BCUT2D eigenvalue weighted by molar-refractivity contribution is -0.126. The van der Waals surface area contributed by atoms with E-state index in [1.807, 2.05) is 19.9 Å². The van der Waals surface area contributed by atoms with Crippen LogP contribution in [-0.2, 0) is 14.8 Å². The van der Waals surface area contributed by atoms with E-state index in [2.05, 4.69) is 19.2 Å². The number of benzene rings is 1. The molecule has 0 aliphatic heterocycles. The Labute approximate surface area is 140 Å². The van der Waals surface area contributed by atoms with Crippen molar-refractivity contribution in [2.75, 3.05) is 14.1 Å². The molecular weight excluding hydrogens is 312 g/mol. The molecule has 1 N–H and O–H groups in total. The quantitative estimate of drug-likeness (QED) is 0.830. The van der Waals surface area contributed by atoms with Gasteiger partial charge in [0.2, 0.25) is 15.9 Å². The van der Waals surface area contributed by atoms with Crippen LogP contribution in [0.1, 0.15) is 45.7 Å². The van der Waals surface area contributed by atoms with Crippen LogP contribution < -0.4 is 5.32 Å². The smallest absolute Gasteiger partial charge is 0.242 e. The Bertz CT molecular complexity index is 641. The Morgan fingerprint density at radius 2 is 1.83 bits per heavy atom. The summed E-state index contributed by atoms with van der Waals surface area (Å²) in [5, 5.41) is 2.97. The van der Waals surface area contributed by atoms with E-state index in [0.717, 1.165) is 12.0 Å². The molecule has 3 atom stereocenters.